The zero-order valence-corrected chi connectivity index (χ0v) is 23.5. The molecule has 1 aromatic carbocycles. The van der Waals surface area contributed by atoms with Crippen molar-refractivity contribution in [3.63, 3.8) is 0 Å². The van der Waals surface area contributed by atoms with E-state index in [0.29, 0.717) is 35.4 Å². The molecule has 12 nitrogen and oxygen atoms in total. The Hall–Kier alpha value is -4.13. The Balaban J connectivity index is 1.01. The zero-order valence-electron chi connectivity index (χ0n) is 22.8. The minimum absolute atomic E-state index is 0.0816. The fraction of sp³-hybridized carbons (Fsp3) is 0.379. The number of ether oxygens (including phenoxy) is 2. The third kappa shape index (κ3) is 5.91. The standard InChI is InChI=1S/C29H29ClN8O4/c30-19-3-1-18(2-4-19)13-25-31-9-5-27(34-25)41-20-6-10-37(11-7-20)17-26-33-22-14-23(28-35-29(39)42-36-28)32-15-24(22)38(26)16-21-8-12-40-21/h1-5,9,14-15,20-21H,6-8,10-13,16-17H2,(H,35,36,39)/t21-/m0/s1. The second-order valence-electron chi connectivity index (χ2n) is 10.6. The van der Waals surface area contributed by atoms with E-state index in [1.165, 1.54) is 0 Å². The van der Waals surface area contributed by atoms with E-state index < -0.39 is 5.76 Å². The molecule has 2 aliphatic rings. The van der Waals surface area contributed by atoms with E-state index >= 15 is 0 Å². The average Bonchev–Trinajstić information content (AvgIpc) is 3.55. The van der Waals surface area contributed by atoms with E-state index in [1.807, 2.05) is 36.4 Å². The third-order valence-corrected chi connectivity index (χ3v) is 7.97. The summed E-state index contributed by atoms with van der Waals surface area (Å²) in [5.74, 6) is 1.93. The lowest BCUT2D eigenvalue weighted by Crippen LogP contribution is -2.39. The number of likely N-dealkylation sites (tertiary alicyclic amines) is 1. The number of nitrogens with one attached hydrogen (secondary N) is 1. The van der Waals surface area contributed by atoms with E-state index in [-0.39, 0.29) is 18.0 Å². The van der Waals surface area contributed by atoms with Gasteiger partial charge in [0, 0.05) is 43.4 Å². The first-order chi connectivity index (χ1) is 20.6. The molecule has 0 radical (unpaired) electrons. The van der Waals surface area contributed by atoms with Gasteiger partial charge in [-0.3, -0.25) is 19.4 Å². The van der Waals surface area contributed by atoms with Gasteiger partial charge in [-0.1, -0.05) is 28.9 Å². The van der Waals surface area contributed by atoms with Crippen molar-refractivity contribution in [3.8, 4) is 17.4 Å². The number of aromatic nitrogens is 7. The lowest BCUT2D eigenvalue weighted by molar-refractivity contribution is -0.0592. The zero-order chi connectivity index (χ0) is 28.5. The van der Waals surface area contributed by atoms with Crippen LogP contribution in [0.3, 0.4) is 0 Å². The molecular formula is C29H29ClN8O4. The van der Waals surface area contributed by atoms with Crippen LogP contribution in [-0.2, 0) is 24.2 Å². The van der Waals surface area contributed by atoms with Gasteiger partial charge in [0.1, 0.15) is 23.4 Å². The highest BCUT2D eigenvalue weighted by molar-refractivity contribution is 6.30. The van der Waals surface area contributed by atoms with Gasteiger partial charge >= 0.3 is 5.76 Å². The molecule has 2 aliphatic heterocycles. The fourth-order valence-corrected chi connectivity index (χ4v) is 5.50. The number of pyridine rings is 1. The van der Waals surface area contributed by atoms with Gasteiger partial charge < -0.3 is 14.0 Å². The number of hydrogen-bond acceptors (Lipinski definition) is 10. The van der Waals surface area contributed by atoms with E-state index in [9.17, 15) is 4.79 Å². The SMILES string of the molecule is O=c1[nH]c(-c2cc3nc(CN4CCC(Oc5ccnc(Cc6ccc(Cl)cc6)n5)CC4)n(C[C@@H]4CCO4)c3cn2)no1. The molecule has 0 spiro atoms. The molecule has 6 heterocycles. The highest BCUT2D eigenvalue weighted by Crippen LogP contribution is 2.25. The van der Waals surface area contributed by atoms with Crippen LogP contribution in [0.25, 0.3) is 22.6 Å². The number of imidazole rings is 1. The summed E-state index contributed by atoms with van der Waals surface area (Å²) in [6.07, 6.45) is 7.18. The number of halogens is 1. The normalized spacial score (nSPS) is 17.9. The molecular weight excluding hydrogens is 560 g/mol. The Morgan fingerprint density at radius 1 is 1.07 bits per heavy atom. The first-order valence-electron chi connectivity index (χ1n) is 14.0. The van der Waals surface area contributed by atoms with Crippen molar-refractivity contribution in [2.45, 2.75) is 51.0 Å². The summed E-state index contributed by atoms with van der Waals surface area (Å²) in [5, 5.41) is 4.47. The van der Waals surface area contributed by atoms with Crippen LogP contribution in [0, 0.1) is 0 Å². The van der Waals surface area contributed by atoms with Crippen molar-refractivity contribution in [2.75, 3.05) is 19.7 Å². The number of nitrogens with zero attached hydrogens (tertiary/aromatic N) is 7. The van der Waals surface area contributed by atoms with E-state index in [0.717, 1.165) is 67.9 Å². The van der Waals surface area contributed by atoms with Gasteiger partial charge in [-0.25, -0.2) is 14.8 Å². The molecule has 0 bridgehead atoms. The molecule has 216 valence electrons. The van der Waals surface area contributed by atoms with Crippen LogP contribution in [0.15, 0.2) is 58.1 Å². The summed E-state index contributed by atoms with van der Waals surface area (Å²) in [5.41, 5.74) is 3.31. The van der Waals surface area contributed by atoms with Crippen molar-refractivity contribution >= 4 is 22.6 Å². The number of benzene rings is 1. The Kier molecular flexibility index (Phi) is 7.41. The van der Waals surface area contributed by atoms with Crippen molar-refractivity contribution in [3.05, 3.63) is 81.6 Å². The highest BCUT2D eigenvalue weighted by atomic mass is 35.5. The molecule has 4 aromatic heterocycles. The number of H-pyrrole nitrogens is 1. The summed E-state index contributed by atoms with van der Waals surface area (Å²) in [6, 6.07) is 11.4. The first kappa shape index (κ1) is 26.7. The van der Waals surface area contributed by atoms with Crippen molar-refractivity contribution < 1.29 is 14.0 Å². The minimum atomic E-state index is -0.620. The smallest absolute Gasteiger partial charge is 0.439 e. The maximum absolute atomic E-state index is 11.4. The molecule has 7 rings (SSSR count). The number of rotatable bonds is 9. The summed E-state index contributed by atoms with van der Waals surface area (Å²) in [6.45, 7) is 3.96. The Labute approximate surface area is 245 Å². The maximum atomic E-state index is 11.4. The molecule has 0 amide bonds. The number of aromatic amines is 1. The van der Waals surface area contributed by atoms with Crippen molar-refractivity contribution in [1.82, 2.24) is 39.5 Å². The minimum Gasteiger partial charge on any atom is -0.474 e. The van der Waals surface area contributed by atoms with Crippen LogP contribution in [0.1, 0.15) is 36.5 Å². The maximum Gasteiger partial charge on any atom is 0.439 e. The quantitative estimate of drug-likeness (QED) is 0.272. The lowest BCUT2D eigenvalue weighted by Gasteiger charge is -2.32. The molecule has 2 fully saturated rings. The fourth-order valence-electron chi connectivity index (χ4n) is 5.37. The molecule has 0 aliphatic carbocycles. The monoisotopic (exact) mass is 588 g/mol. The molecule has 0 unspecified atom stereocenters. The van der Waals surface area contributed by atoms with Crippen LogP contribution in [0.4, 0.5) is 0 Å². The van der Waals surface area contributed by atoms with E-state index in [1.54, 1.807) is 12.4 Å². The molecule has 5 aromatic rings. The Morgan fingerprint density at radius 3 is 2.64 bits per heavy atom. The van der Waals surface area contributed by atoms with Gasteiger partial charge in [0.05, 0.1) is 36.4 Å². The number of hydrogen-bond donors (Lipinski definition) is 1. The van der Waals surface area contributed by atoms with Gasteiger partial charge in [-0.2, -0.15) is 4.98 Å². The summed E-state index contributed by atoms with van der Waals surface area (Å²) in [4.78, 5) is 34.9. The van der Waals surface area contributed by atoms with Gasteiger partial charge in [-0.15, -0.1) is 0 Å². The largest absolute Gasteiger partial charge is 0.474 e. The van der Waals surface area contributed by atoms with Gasteiger partial charge in [0.25, 0.3) is 0 Å². The predicted molar refractivity (Wildman–Crippen MR) is 153 cm³/mol. The van der Waals surface area contributed by atoms with Crippen molar-refractivity contribution in [2.24, 2.45) is 0 Å². The number of piperidine rings is 1. The van der Waals surface area contributed by atoms with E-state index in [2.05, 4.69) is 39.1 Å². The summed E-state index contributed by atoms with van der Waals surface area (Å²) in [7, 11) is 0. The van der Waals surface area contributed by atoms with Crippen molar-refractivity contribution in [1.29, 1.82) is 0 Å². The molecule has 1 N–H and O–H groups in total. The third-order valence-electron chi connectivity index (χ3n) is 7.72. The Bertz CT molecular complexity index is 1740. The first-order valence-corrected chi connectivity index (χ1v) is 14.4. The topological polar surface area (TPSA) is 137 Å². The van der Waals surface area contributed by atoms with Gasteiger partial charge in [0.2, 0.25) is 11.7 Å². The molecule has 1 atom stereocenters. The van der Waals surface area contributed by atoms with Crippen LogP contribution in [0.2, 0.25) is 5.02 Å². The second-order valence-corrected chi connectivity index (χ2v) is 11.1. The van der Waals surface area contributed by atoms with E-state index in [4.69, 9.17) is 26.1 Å². The van der Waals surface area contributed by atoms with Crippen LogP contribution < -0.4 is 10.5 Å². The second kappa shape index (κ2) is 11.6. The average molecular weight is 589 g/mol. The predicted octanol–water partition coefficient (Wildman–Crippen LogP) is 3.64. The van der Waals surface area contributed by atoms with Gasteiger partial charge in [-0.05, 0) is 43.0 Å². The summed E-state index contributed by atoms with van der Waals surface area (Å²) >= 11 is 6.00. The molecule has 13 heteroatoms. The highest BCUT2D eigenvalue weighted by Gasteiger charge is 2.26. The molecule has 42 heavy (non-hydrogen) atoms. The number of fused-ring (bicyclic) bond motifs is 1. The summed E-state index contributed by atoms with van der Waals surface area (Å²) < 4.78 is 18.9. The molecule has 0 saturated carbocycles. The Morgan fingerprint density at radius 2 is 1.90 bits per heavy atom. The van der Waals surface area contributed by atoms with Crippen LogP contribution in [0.5, 0.6) is 5.88 Å². The van der Waals surface area contributed by atoms with Crippen LogP contribution in [-0.4, -0.2) is 71.4 Å². The molecule has 2 saturated heterocycles. The van der Waals surface area contributed by atoms with Gasteiger partial charge in [0.15, 0.2) is 0 Å². The lowest BCUT2D eigenvalue weighted by atomic mass is 10.1. The van der Waals surface area contributed by atoms with Crippen LogP contribution >= 0.6 is 11.6 Å².